The van der Waals surface area contributed by atoms with Crippen LogP contribution in [0.3, 0.4) is 0 Å². The SMILES string of the molecule is Cc1ccc2c(c1)c1cc(C)ccc1n2-c1c(F)c(-n2c3ccc(C)cc3c3cc(C)ccc32)c(C(F)(F)F)c(-n2c3ccc(C)cc3c3cc(C)ccc32)c1F. The number of hydrogen-bond acceptors (Lipinski definition) is 0. The van der Waals surface area contributed by atoms with Gasteiger partial charge in [-0.2, -0.15) is 13.2 Å². The van der Waals surface area contributed by atoms with Crippen LogP contribution in [-0.4, -0.2) is 13.7 Å². The van der Waals surface area contributed by atoms with Crippen molar-refractivity contribution in [2.45, 2.75) is 47.7 Å². The summed E-state index contributed by atoms with van der Waals surface area (Å²) in [5.41, 5.74) is 4.33. The highest BCUT2D eigenvalue weighted by Crippen LogP contribution is 2.49. The molecule has 10 aromatic rings. The fourth-order valence-corrected chi connectivity index (χ4v) is 9.01. The summed E-state index contributed by atoms with van der Waals surface area (Å²) in [6.07, 6.45) is -5.23. The van der Waals surface area contributed by atoms with Crippen LogP contribution in [0.2, 0.25) is 0 Å². The minimum absolute atomic E-state index is 0.371. The highest BCUT2D eigenvalue weighted by molar-refractivity contribution is 6.13. The molecule has 3 heterocycles. The summed E-state index contributed by atoms with van der Waals surface area (Å²) in [6, 6.07) is 32.9. The second-order valence-corrected chi connectivity index (χ2v) is 15.7. The van der Waals surface area contributed by atoms with Crippen LogP contribution in [-0.2, 0) is 6.18 Å². The first-order chi connectivity index (χ1) is 27.2. The smallest absolute Gasteiger partial charge is 0.306 e. The molecule has 3 aromatic heterocycles. The fraction of sp³-hybridized carbons (Fsp3) is 0.143. The number of halogens is 5. The quantitative estimate of drug-likeness (QED) is 0.159. The van der Waals surface area contributed by atoms with Gasteiger partial charge in [-0.1, -0.05) is 69.8 Å². The first-order valence-electron chi connectivity index (χ1n) is 18.9. The molecule has 0 unspecified atom stereocenters. The minimum atomic E-state index is -5.23. The Balaban J connectivity index is 1.51. The van der Waals surface area contributed by atoms with Crippen molar-refractivity contribution in [3.05, 3.63) is 160 Å². The van der Waals surface area contributed by atoms with E-state index in [-0.39, 0.29) is 0 Å². The summed E-state index contributed by atoms with van der Waals surface area (Å²) in [5, 5.41) is 4.14. The van der Waals surface area contributed by atoms with Crippen molar-refractivity contribution in [3.63, 3.8) is 0 Å². The molecule has 7 aromatic carbocycles. The zero-order valence-electron chi connectivity index (χ0n) is 32.1. The molecule has 0 N–H and O–H groups in total. The Labute approximate surface area is 324 Å². The molecule has 0 amide bonds. The number of nitrogens with zero attached hydrogens (tertiary/aromatic N) is 3. The van der Waals surface area contributed by atoms with Gasteiger partial charge in [-0.05, 0) is 114 Å². The zero-order chi connectivity index (χ0) is 39.8. The normalized spacial score (nSPS) is 12.5. The van der Waals surface area contributed by atoms with Crippen LogP contribution < -0.4 is 0 Å². The Morgan fingerprint density at radius 1 is 0.333 bits per heavy atom. The summed E-state index contributed by atoms with van der Waals surface area (Å²) >= 11 is 0. The van der Waals surface area contributed by atoms with Crippen molar-refractivity contribution in [2.24, 2.45) is 0 Å². The first kappa shape index (κ1) is 35.0. The Kier molecular flexibility index (Phi) is 7.40. The van der Waals surface area contributed by atoms with Crippen molar-refractivity contribution in [2.75, 3.05) is 0 Å². The topological polar surface area (TPSA) is 14.8 Å². The lowest BCUT2D eigenvalue weighted by molar-refractivity contribution is -0.137. The lowest BCUT2D eigenvalue weighted by atomic mass is 10.0. The first-order valence-corrected chi connectivity index (χ1v) is 18.9. The summed E-state index contributed by atoms with van der Waals surface area (Å²) in [7, 11) is 0. The second kappa shape index (κ2) is 12.0. The third-order valence-corrected chi connectivity index (χ3v) is 11.5. The average Bonchev–Trinajstić information content (AvgIpc) is 3.75. The number of hydrogen-bond donors (Lipinski definition) is 0. The molecular weight excluding hydrogens is 726 g/mol. The number of aromatic nitrogens is 3. The van der Waals surface area contributed by atoms with Crippen LogP contribution in [0.25, 0.3) is 82.5 Å². The van der Waals surface area contributed by atoms with Gasteiger partial charge in [-0.3, -0.25) is 0 Å². The molecule has 8 heteroatoms. The van der Waals surface area contributed by atoms with Gasteiger partial charge in [-0.25, -0.2) is 8.78 Å². The molecule has 0 atom stereocenters. The molecule has 282 valence electrons. The number of fused-ring (bicyclic) bond motifs is 9. The van der Waals surface area contributed by atoms with Crippen molar-refractivity contribution < 1.29 is 22.0 Å². The highest BCUT2D eigenvalue weighted by atomic mass is 19.4. The van der Waals surface area contributed by atoms with E-state index in [4.69, 9.17) is 0 Å². The van der Waals surface area contributed by atoms with Crippen molar-refractivity contribution in [1.29, 1.82) is 0 Å². The molecule has 0 saturated heterocycles. The molecule has 0 fully saturated rings. The maximum Gasteiger partial charge on any atom is 0.420 e. The van der Waals surface area contributed by atoms with Gasteiger partial charge in [-0.15, -0.1) is 0 Å². The molecule has 57 heavy (non-hydrogen) atoms. The Morgan fingerprint density at radius 2 is 0.544 bits per heavy atom. The van der Waals surface area contributed by atoms with Crippen molar-refractivity contribution in [1.82, 2.24) is 13.7 Å². The number of benzene rings is 7. The van der Waals surface area contributed by atoms with Gasteiger partial charge in [0.1, 0.15) is 11.3 Å². The van der Waals surface area contributed by atoms with Crippen LogP contribution >= 0.6 is 0 Å². The van der Waals surface area contributed by atoms with E-state index in [0.29, 0.717) is 54.6 Å². The van der Waals surface area contributed by atoms with Crippen LogP contribution in [0.5, 0.6) is 0 Å². The highest BCUT2D eigenvalue weighted by Gasteiger charge is 2.44. The third kappa shape index (κ3) is 5.02. The van der Waals surface area contributed by atoms with E-state index in [1.54, 1.807) is 60.7 Å². The van der Waals surface area contributed by atoms with Gasteiger partial charge in [0.15, 0.2) is 11.6 Å². The predicted octanol–water partition coefficient (Wildman–Crippen LogP) is 14.1. The maximum absolute atomic E-state index is 18.4. The van der Waals surface area contributed by atoms with Gasteiger partial charge >= 0.3 is 6.18 Å². The molecule has 3 nitrogen and oxygen atoms in total. The number of aryl methyl sites for hydroxylation is 6. The fourth-order valence-electron chi connectivity index (χ4n) is 9.01. The molecule has 0 radical (unpaired) electrons. The third-order valence-electron chi connectivity index (χ3n) is 11.5. The van der Waals surface area contributed by atoms with E-state index in [9.17, 15) is 0 Å². The van der Waals surface area contributed by atoms with Crippen LogP contribution in [0, 0.1) is 53.2 Å². The molecule has 0 saturated carbocycles. The summed E-state index contributed by atoms with van der Waals surface area (Å²) < 4.78 is 90.3. The van der Waals surface area contributed by atoms with Crippen LogP contribution in [0.4, 0.5) is 22.0 Å². The monoisotopic (exact) mass is 761 g/mol. The summed E-state index contributed by atoms with van der Waals surface area (Å²) in [4.78, 5) is 0. The van der Waals surface area contributed by atoms with Gasteiger partial charge < -0.3 is 13.7 Å². The number of rotatable bonds is 3. The molecule has 0 aliphatic carbocycles. The zero-order valence-corrected chi connectivity index (χ0v) is 32.1. The van der Waals surface area contributed by atoms with Crippen LogP contribution in [0.15, 0.2) is 109 Å². The molecule has 10 rings (SSSR count). The van der Waals surface area contributed by atoms with E-state index in [2.05, 4.69) is 0 Å². The standard InChI is InChI=1S/C49H36F5N3/c1-25-7-13-37-31(19-25)32-20-26(2)8-14-38(32)55(37)46-43(49(52,53)54)47(56-39-15-9-27(3)21-33(39)34-22-28(4)10-16-40(34)56)45(51)48(44(46)50)57-41-17-11-29(5)23-35(41)36-24-30(6)12-18-42(36)57/h7-24H,1-6H3. The van der Waals surface area contributed by atoms with Crippen molar-refractivity contribution >= 4 is 65.4 Å². The predicted molar refractivity (Wildman–Crippen MR) is 223 cm³/mol. The van der Waals surface area contributed by atoms with E-state index >= 15 is 22.0 Å². The largest absolute Gasteiger partial charge is 0.420 e. The van der Waals surface area contributed by atoms with Gasteiger partial charge in [0, 0.05) is 32.3 Å². The van der Waals surface area contributed by atoms with E-state index < -0.39 is 40.4 Å². The van der Waals surface area contributed by atoms with E-state index in [0.717, 1.165) is 44.2 Å². The van der Waals surface area contributed by atoms with E-state index in [1.165, 1.54) is 13.7 Å². The van der Waals surface area contributed by atoms with Gasteiger partial charge in [0.25, 0.3) is 0 Å². The lowest BCUT2D eigenvalue weighted by Gasteiger charge is -2.25. The lowest BCUT2D eigenvalue weighted by Crippen LogP contribution is -2.21. The molecule has 0 aliphatic rings. The Morgan fingerprint density at radius 3 is 0.754 bits per heavy atom. The molecule has 0 spiro atoms. The minimum Gasteiger partial charge on any atom is -0.306 e. The average molecular weight is 762 g/mol. The molecular formula is C49H36F5N3. The van der Waals surface area contributed by atoms with Crippen molar-refractivity contribution in [3.8, 4) is 17.1 Å². The van der Waals surface area contributed by atoms with Crippen LogP contribution in [0.1, 0.15) is 38.9 Å². The Bertz CT molecular complexity index is 3040. The summed E-state index contributed by atoms with van der Waals surface area (Å²) in [5.74, 6) is -2.65. The van der Waals surface area contributed by atoms with Gasteiger partial charge in [0.05, 0.1) is 44.5 Å². The van der Waals surface area contributed by atoms with E-state index in [1.807, 2.05) is 90.1 Å². The Hall–Kier alpha value is -6.41. The number of alkyl halides is 3. The molecule has 0 bridgehead atoms. The molecule has 0 aliphatic heterocycles. The summed E-state index contributed by atoms with van der Waals surface area (Å²) in [6.45, 7) is 11.5. The van der Waals surface area contributed by atoms with Gasteiger partial charge in [0.2, 0.25) is 0 Å². The maximum atomic E-state index is 18.4. The second-order valence-electron chi connectivity index (χ2n) is 15.7.